The Balaban J connectivity index is 2.32. The lowest BCUT2D eigenvalue weighted by Gasteiger charge is -2.05. The minimum absolute atomic E-state index is 0.718. The molecule has 0 radical (unpaired) electrons. The fraction of sp³-hybridized carbons (Fsp3) is 0.273. The van der Waals surface area contributed by atoms with Gasteiger partial charge in [0.1, 0.15) is 5.75 Å². The van der Waals surface area contributed by atoms with E-state index in [1.54, 1.807) is 0 Å². The van der Waals surface area contributed by atoms with Crippen molar-refractivity contribution in [2.45, 2.75) is 12.8 Å². The fourth-order valence-electron chi connectivity index (χ4n) is 1.02. The topological polar surface area (TPSA) is 35.2 Å². The molecule has 1 rings (SSSR count). The first-order chi connectivity index (χ1) is 6.33. The number of hydrogen-bond donors (Lipinski definition) is 1. The Hall–Kier alpha value is -1.44. The van der Waals surface area contributed by atoms with Gasteiger partial charge in [-0.2, -0.15) is 0 Å². The molecule has 2 heteroatoms. The van der Waals surface area contributed by atoms with Crippen LogP contribution in [0, 0.1) is 0 Å². The SMILES string of the molecule is C=CCCCOc1cccc(N)c1. The van der Waals surface area contributed by atoms with Crippen LogP contribution in [0.1, 0.15) is 12.8 Å². The molecule has 0 aromatic heterocycles. The second-order valence-electron chi connectivity index (χ2n) is 2.85. The van der Waals surface area contributed by atoms with Gasteiger partial charge in [0, 0.05) is 11.8 Å². The van der Waals surface area contributed by atoms with Crippen molar-refractivity contribution in [1.82, 2.24) is 0 Å². The van der Waals surface area contributed by atoms with Crippen LogP contribution in [0.4, 0.5) is 5.69 Å². The van der Waals surface area contributed by atoms with E-state index in [0.717, 1.165) is 30.9 Å². The molecule has 0 saturated heterocycles. The molecule has 0 aliphatic rings. The number of anilines is 1. The summed E-state index contributed by atoms with van der Waals surface area (Å²) in [5.41, 5.74) is 6.33. The number of benzene rings is 1. The molecule has 1 aromatic rings. The number of hydrogen-bond acceptors (Lipinski definition) is 2. The molecule has 0 aliphatic heterocycles. The van der Waals surface area contributed by atoms with Crippen molar-refractivity contribution >= 4 is 5.69 Å². The standard InChI is InChI=1S/C11H15NO/c1-2-3-4-8-13-11-7-5-6-10(12)9-11/h2,5-7,9H,1,3-4,8,12H2. The Morgan fingerprint density at radius 2 is 2.31 bits per heavy atom. The molecule has 0 atom stereocenters. The summed E-state index contributed by atoms with van der Waals surface area (Å²) >= 11 is 0. The summed E-state index contributed by atoms with van der Waals surface area (Å²) in [6, 6.07) is 7.47. The summed E-state index contributed by atoms with van der Waals surface area (Å²) < 4.78 is 5.46. The van der Waals surface area contributed by atoms with Gasteiger partial charge in [-0.3, -0.25) is 0 Å². The molecule has 13 heavy (non-hydrogen) atoms. The van der Waals surface area contributed by atoms with Gasteiger partial charge in [0.05, 0.1) is 6.61 Å². The fourth-order valence-corrected chi connectivity index (χ4v) is 1.02. The van der Waals surface area contributed by atoms with Crippen LogP contribution in [0.3, 0.4) is 0 Å². The Labute approximate surface area is 79.0 Å². The predicted molar refractivity (Wildman–Crippen MR) is 55.8 cm³/mol. The van der Waals surface area contributed by atoms with Gasteiger partial charge in [-0.1, -0.05) is 12.1 Å². The summed E-state index contributed by atoms with van der Waals surface area (Å²) in [5.74, 6) is 0.837. The number of ether oxygens (including phenoxy) is 1. The molecule has 0 spiro atoms. The molecule has 70 valence electrons. The van der Waals surface area contributed by atoms with Gasteiger partial charge in [-0.15, -0.1) is 6.58 Å². The van der Waals surface area contributed by atoms with Crippen LogP contribution in [0.5, 0.6) is 5.75 Å². The molecule has 1 aromatic carbocycles. The number of nitrogen functional groups attached to an aromatic ring is 1. The van der Waals surface area contributed by atoms with Crippen LogP contribution >= 0.6 is 0 Å². The molecule has 0 aliphatic carbocycles. The second kappa shape index (κ2) is 5.25. The molecule has 0 heterocycles. The third-order valence-electron chi connectivity index (χ3n) is 1.68. The lowest BCUT2D eigenvalue weighted by atomic mass is 10.3. The minimum Gasteiger partial charge on any atom is -0.494 e. The summed E-state index contributed by atoms with van der Waals surface area (Å²) in [4.78, 5) is 0. The zero-order valence-corrected chi connectivity index (χ0v) is 7.70. The molecule has 2 N–H and O–H groups in total. The molecule has 2 nitrogen and oxygen atoms in total. The first kappa shape index (κ1) is 9.65. The molecule has 0 unspecified atom stereocenters. The molecular formula is C11H15NO. The van der Waals surface area contributed by atoms with Crippen LogP contribution in [0.2, 0.25) is 0 Å². The van der Waals surface area contributed by atoms with E-state index in [9.17, 15) is 0 Å². The molecule has 0 amide bonds. The first-order valence-electron chi connectivity index (χ1n) is 4.42. The average Bonchev–Trinajstić information content (AvgIpc) is 2.13. The van der Waals surface area contributed by atoms with Gasteiger partial charge in [0.15, 0.2) is 0 Å². The van der Waals surface area contributed by atoms with Crippen LogP contribution in [-0.2, 0) is 0 Å². The van der Waals surface area contributed by atoms with Gasteiger partial charge in [-0.05, 0) is 25.0 Å². The van der Waals surface area contributed by atoms with Crippen molar-refractivity contribution in [2.24, 2.45) is 0 Å². The highest BCUT2D eigenvalue weighted by molar-refractivity contribution is 5.43. The normalized spacial score (nSPS) is 9.54. The van der Waals surface area contributed by atoms with Crippen LogP contribution < -0.4 is 10.5 Å². The number of nitrogens with two attached hydrogens (primary N) is 1. The van der Waals surface area contributed by atoms with Gasteiger partial charge in [-0.25, -0.2) is 0 Å². The smallest absolute Gasteiger partial charge is 0.121 e. The van der Waals surface area contributed by atoms with E-state index in [1.165, 1.54) is 0 Å². The van der Waals surface area contributed by atoms with E-state index in [-0.39, 0.29) is 0 Å². The number of unbranched alkanes of at least 4 members (excludes halogenated alkanes) is 1. The van der Waals surface area contributed by atoms with Crippen molar-refractivity contribution in [3.63, 3.8) is 0 Å². The molecule has 0 saturated carbocycles. The van der Waals surface area contributed by atoms with E-state index in [2.05, 4.69) is 6.58 Å². The maximum absolute atomic E-state index is 5.59. The van der Waals surface area contributed by atoms with Gasteiger partial charge in [0.2, 0.25) is 0 Å². The van der Waals surface area contributed by atoms with E-state index in [1.807, 2.05) is 30.3 Å². The van der Waals surface area contributed by atoms with Gasteiger partial charge < -0.3 is 10.5 Å². The zero-order valence-electron chi connectivity index (χ0n) is 7.70. The van der Waals surface area contributed by atoms with Crippen molar-refractivity contribution < 1.29 is 4.74 Å². The lowest BCUT2D eigenvalue weighted by Crippen LogP contribution is -1.96. The van der Waals surface area contributed by atoms with Crippen molar-refractivity contribution in [3.05, 3.63) is 36.9 Å². The third kappa shape index (κ3) is 3.65. The van der Waals surface area contributed by atoms with Crippen molar-refractivity contribution in [2.75, 3.05) is 12.3 Å². The van der Waals surface area contributed by atoms with E-state index in [4.69, 9.17) is 10.5 Å². The van der Waals surface area contributed by atoms with E-state index < -0.39 is 0 Å². The van der Waals surface area contributed by atoms with E-state index >= 15 is 0 Å². The monoisotopic (exact) mass is 177 g/mol. The maximum Gasteiger partial charge on any atom is 0.121 e. The number of rotatable bonds is 5. The highest BCUT2D eigenvalue weighted by atomic mass is 16.5. The quantitative estimate of drug-likeness (QED) is 0.426. The largest absolute Gasteiger partial charge is 0.494 e. The van der Waals surface area contributed by atoms with Crippen LogP contribution in [-0.4, -0.2) is 6.61 Å². The molecule has 0 fully saturated rings. The molecule has 0 bridgehead atoms. The summed E-state index contributed by atoms with van der Waals surface area (Å²) in [7, 11) is 0. The minimum atomic E-state index is 0.718. The predicted octanol–water partition coefficient (Wildman–Crippen LogP) is 2.61. The summed E-state index contributed by atoms with van der Waals surface area (Å²) in [6.07, 6.45) is 3.88. The summed E-state index contributed by atoms with van der Waals surface area (Å²) in [5, 5.41) is 0. The first-order valence-corrected chi connectivity index (χ1v) is 4.42. The third-order valence-corrected chi connectivity index (χ3v) is 1.68. The Bertz CT molecular complexity index is 271. The van der Waals surface area contributed by atoms with Crippen molar-refractivity contribution in [3.8, 4) is 5.75 Å². The van der Waals surface area contributed by atoms with Gasteiger partial charge in [0.25, 0.3) is 0 Å². The van der Waals surface area contributed by atoms with Crippen LogP contribution in [0.25, 0.3) is 0 Å². The number of allylic oxidation sites excluding steroid dienone is 1. The Morgan fingerprint density at radius 3 is 3.00 bits per heavy atom. The van der Waals surface area contributed by atoms with Crippen LogP contribution in [0.15, 0.2) is 36.9 Å². The highest BCUT2D eigenvalue weighted by Crippen LogP contribution is 2.14. The second-order valence-corrected chi connectivity index (χ2v) is 2.85. The Kier molecular flexibility index (Phi) is 3.89. The zero-order chi connectivity index (χ0) is 9.52. The maximum atomic E-state index is 5.59. The lowest BCUT2D eigenvalue weighted by molar-refractivity contribution is 0.312. The van der Waals surface area contributed by atoms with Crippen molar-refractivity contribution in [1.29, 1.82) is 0 Å². The molecular weight excluding hydrogens is 162 g/mol. The average molecular weight is 177 g/mol. The Morgan fingerprint density at radius 1 is 1.46 bits per heavy atom. The highest BCUT2D eigenvalue weighted by Gasteiger charge is 1.92. The van der Waals surface area contributed by atoms with E-state index in [0.29, 0.717) is 0 Å². The summed E-state index contributed by atoms with van der Waals surface area (Å²) in [6.45, 7) is 4.36. The van der Waals surface area contributed by atoms with Gasteiger partial charge >= 0.3 is 0 Å².